The maximum atomic E-state index is 13.4. The zero-order valence-electron chi connectivity index (χ0n) is 20.0. The van der Waals surface area contributed by atoms with Crippen LogP contribution in [-0.2, 0) is 5.54 Å². The SMILES string of the molecule is COc1cc(-c2cnn3cc(C4(NCC(F)F)CCC4)ccc23)cc(OC(F)F)c1C(=O)C[C@@H]1C[C@@H]1F. The molecule has 37 heavy (non-hydrogen) atoms. The van der Waals surface area contributed by atoms with E-state index in [2.05, 4.69) is 10.4 Å². The van der Waals surface area contributed by atoms with Crippen LogP contribution in [0.25, 0.3) is 16.6 Å². The van der Waals surface area contributed by atoms with E-state index >= 15 is 0 Å². The van der Waals surface area contributed by atoms with Crippen molar-refractivity contribution in [1.29, 1.82) is 0 Å². The Kier molecular flexibility index (Phi) is 6.82. The first-order valence-electron chi connectivity index (χ1n) is 12.1. The van der Waals surface area contributed by atoms with Crippen LogP contribution in [0.5, 0.6) is 11.5 Å². The van der Waals surface area contributed by atoms with Crippen molar-refractivity contribution in [1.82, 2.24) is 14.9 Å². The van der Waals surface area contributed by atoms with Crippen LogP contribution in [0.3, 0.4) is 0 Å². The lowest BCUT2D eigenvalue weighted by molar-refractivity contribution is -0.0502. The first-order valence-corrected chi connectivity index (χ1v) is 12.1. The first kappa shape index (κ1) is 25.4. The molecular weight excluding hydrogens is 497 g/mol. The summed E-state index contributed by atoms with van der Waals surface area (Å²) in [7, 11) is 1.31. The third-order valence-corrected chi connectivity index (χ3v) is 7.25. The highest BCUT2D eigenvalue weighted by Crippen LogP contribution is 2.44. The summed E-state index contributed by atoms with van der Waals surface area (Å²) >= 11 is 0. The molecule has 6 nitrogen and oxygen atoms in total. The van der Waals surface area contributed by atoms with Crippen LogP contribution in [0, 0.1) is 5.92 Å². The van der Waals surface area contributed by atoms with Crippen LogP contribution in [0.15, 0.2) is 36.7 Å². The first-order chi connectivity index (χ1) is 17.7. The number of aromatic nitrogens is 2. The zero-order chi connectivity index (χ0) is 26.3. The minimum Gasteiger partial charge on any atom is -0.496 e. The molecule has 1 N–H and O–H groups in total. The van der Waals surface area contributed by atoms with Gasteiger partial charge in [0, 0.05) is 29.6 Å². The van der Waals surface area contributed by atoms with Gasteiger partial charge in [0.15, 0.2) is 5.78 Å². The Labute approximate surface area is 209 Å². The van der Waals surface area contributed by atoms with Crippen LogP contribution in [0.2, 0.25) is 0 Å². The average Bonchev–Trinajstić information content (AvgIpc) is 3.34. The Morgan fingerprint density at radius 3 is 2.54 bits per heavy atom. The van der Waals surface area contributed by atoms with Crippen LogP contribution in [-0.4, -0.2) is 48.3 Å². The van der Waals surface area contributed by atoms with E-state index in [9.17, 15) is 26.7 Å². The molecule has 11 heteroatoms. The molecule has 2 aliphatic carbocycles. The van der Waals surface area contributed by atoms with Crippen molar-refractivity contribution in [3.8, 4) is 22.6 Å². The minimum atomic E-state index is -3.19. The molecule has 0 radical (unpaired) electrons. The van der Waals surface area contributed by atoms with Gasteiger partial charge in [-0.3, -0.25) is 4.79 Å². The average molecular weight is 524 g/mol. The topological polar surface area (TPSA) is 64.9 Å². The number of pyridine rings is 1. The van der Waals surface area contributed by atoms with E-state index in [0.717, 1.165) is 24.8 Å². The number of carbonyl (C=O) groups is 1. The molecule has 2 saturated carbocycles. The molecule has 0 aliphatic heterocycles. The molecule has 2 atom stereocenters. The minimum absolute atomic E-state index is 0.0369. The number of nitrogens with zero attached hydrogens (tertiary/aromatic N) is 2. The molecule has 198 valence electrons. The molecule has 0 bridgehead atoms. The van der Waals surface area contributed by atoms with Crippen molar-refractivity contribution in [2.75, 3.05) is 13.7 Å². The highest BCUT2D eigenvalue weighted by molar-refractivity contribution is 6.03. The summed E-state index contributed by atoms with van der Waals surface area (Å²) in [4.78, 5) is 12.9. The molecule has 2 aromatic heterocycles. The number of hydrogen-bond donors (Lipinski definition) is 1. The zero-order valence-corrected chi connectivity index (χ0v) is 20.0. The van der Waals surface area contributed by atoms with Crippen molar-refractivity contribution >= 4 is 11.3 Å². The molecule has 1 aromatic carbocycles. The third kappa shape index (κ3) is 5.01. The summed E-state index contributed by atoms with van der Waals surface area (Å²) in [6, 6.07) is 6.49. The molecule has 0 unspecified atom stereocenters. The number of Topliss-reactive ketones (excluding diaryl/α,β-unsaturated/α-hetero) is 1. The Morgan fingerprint density at radius 1 is 1.22 bits per heavy atom. The maximum absolute atomic E-state index is 13.4. The van der Waals surface area contributed by atoms with E-state index in [1.165, 1.54) is 19.2 Å². The number of carbonyl (C=O) groups excluding carboxylic acids is 1. The van der Waals surface area contributed by atoms with Crippen molar-refractivity contribution in [3.63, 3.8) is 0 Å². The second-order valence-electron chi connectivity index (χ2n) is 9.58. The van der Waals surface area contributed by atoms with Crippen molar-refractivity contribution in [2.45, 2.75) is 56.9 Å². The second-order valence-corrected chi connectivity index (χ2v) is 9.58. The fraction of sp³-hybridized carbons (Fsp3) is 0.462. The quantitative estimate of drug-likeness (QED) is 0.255. The summed E-state index contributed by atoms with van der Waals surface area (Å²) < 4.78 is 77.2. The van der Waals surface area contributed by atoms with Gasteiger partial charge in [-0.25, -0.2) is 17.7 Å². The van der Waals surface area contributed by atoms with Gasteiger partial charge in [-0.1, -0.05) is 6.07 Å². The summed E-state index contributed by atoms with van der Waals surface area (Å²) in [5.41, 5.74) is 1.76. The normalized spacial score (nSPS) is 20.3. The smallest absolute Gasteiger partial charge is 0.387 e. The number of methoxy groups -OCH3 is 1. The number of ketones is 1. The molecule has 3 aromatic rings. The summed E-state index contributed by atoms with van der Waals surface area (Å²) in [6.45, 7) is -3.60. The number of fused-ring (bicyclic) bond motifs is 1. The van der Waals surface area contributed by atoms with Crippen LogP contribution in [0.4, 0.5) is 22.0 Å². The van der Waals surface area contributed by atoms with Gasteiger partial charge in [-0.2, -0.15) is 13.9 Å². The number of rotatable bonds is 11. The molecule has 2 fully saturated rings. The van der Waals surface area contributed by atoms with Gasteiger partial charge in [0.05, 0.1) is 25.4 Å². The molecule has 0 saturated heterocycles. The van der Waals surface area contributed by atoms with Crippen molar-refractivity contribution in [3.05, 3.63) is 47.8 Å². The Balaban J connectivity index is 1.51. The molecule has 2 heterocycles. The van der Waals surface area contributed by atoms with Gasteiger partial charge < -0.3 is 14.8 Å². The summed E-state index contributed by atoms with van der Waals surface area (Å²) in [5.74, 6) is -1.28. The lowest BCUT2D eigenvalue weighted by Gasteiger charge is -2.43. The van der Waals surface area contributed by atoms with Gasteiger partial charge in [0.2, 0.25) is 0 Å². The Bertz CT molecular complexity index is 1310. The van der Waals surface area contributed by atoms with E-state index in [0.29, 0.717) is 16.6 Å². The maximum Gasteiger partial charge on any atom is 0.387 e. The molecule has 2 aliphatic rings. The number of nitrogens with one attached hydrogen (secondary N) is 1. The summed E-state index contributed by atoms with van der Waals surface area (Å²) in [5, 5.41) is 7.36. The predicted octanol–water partition coefficient (Wildman–Crippen LogP) is 5.78. The fourth-order valence-corrected chi connectivity index (χ4v) is 4.99. The third-order valence-electron chi connectivity index (χ3n) is 7.25. The van der Waals surface area contributed by atoms with Crippen molar-refractivity contribution < 1.29 is 36.2 Å². The highest BCUT2D eigenvalue weighted by Gasteiger charge is 2.40. The monoisotopic (exact) mass is 523 g/mol. The van der Waals surface area contributed by atoms with E-state index in [-0.39, 0.29) is 29.9 Å². The van der Waals surface area contributed by atoms with Crippen LogP contribution >= 0.6 is 0 Å². The Morgan fingerprint density at radius 2 is 1.95 bits per heavy atom. The van der Waals surface area contributed by atoms with Gasteiger partial charge in [-0.15, -0.1) is 0 Å². The Hall–Kier alpha value is -3.21. The summed E-state index contributed by atoms with van der Waals surface area (Å²) in [6.07, 6.45) is 2.29. The number of alkyl halides is 5. The standard InChI is InChI=1S/C26H26F5N3O3/c1-36-21-9-14(10-22(37-25(30)31)24(21)20(35)8-15-7-18(15)27)17-11-33-34-13-16(3-4-19(17)34)26(5-2-6-26)32-12-23(28)29/h3-4,9-11,13,15,18,23,25,32H,2,5-8,12H2,1H3/t15-,18-/m0/s1. The predicted molar refractivity (Wildman–Crippen MR) is 125 cm³/mol. The van der Waals surface area contributed by atoms with Gasteiger partial charge in [0.25, 0.3) is 6.43 Å². The molecule has 5 rings (SSSR count). The van der Waals surface area contributed by atoms with Gasteiger partial charge >= 0.3 is 6.61 Å². The number of ether oxygens (including phenoxy) is 2. The molecule has 0 amide bonds. The molecular formula is C26H26F5N3O3. The van der Waals surface area contributed by atoms with Gasteiger partial charge in [-0.05, 0) is 55.0 Å². The van der Waals surface area contributed by atoms with Crippen molar-refractivity contribution in [2.24, 2.45) is 5.92 Å². The van der Waals surface area contributed by atoms with Crippen LogP contribution in [0.1, 0.15) is 48.0 Å². The lowest BCUT2D eigenvalue weighted by atomic mass is 9.72. The second kappa shape index (κ2) is 9.92. The van der Waals surface area contributed by atoms with E-state index in [1.54, 1.807) is 23.0 Å². The lowest BCUT2D eigenvalue weighted by Crippen LogP contribution is -2.49. The number of halogens is 5. The van der Waals surface area contributed by atoms with E-state index in [1.807, 2.05) is 6.07 Å². The highest BCUT2D eigenvalue weighted by atomic mass is 19.3. The van der Waals surface area contributed by atoms with E-state index < -0.39 is 43.0 Å². The fourth-order valence-electron chi connectivity index (χ4n) is 4.99. The number of hydrogen-bond acceptors (Lipinski definition) is 5. The van der Waals surface area contributed by atoms with E-state index in [4.69, 9.17) is 9.47 Å². The largest absolute Gasteiger partial charge is 0.496 e. The van der Waals surface area contributed by atoms with Gasteiger partial charge in [0.1, 0.15) is 23.2 Å². The molecule has 0 spiro atoms. The van der Waals surface area contributed by atoms with Crippen LogP contribution < -0.4 is 14.8 Å². The number of benzene rings is 1.